The molecule has 1 aromatic heterocycles. The number of hydrogen-bond donors (Lipinski definition) is 1. The van der Waals surface area contributed by atoms with E-state index in [-0.39, 0.29) is 24.3 Å². The summed E-state index contributed by atoms with van der Waals surface area (Å²) < 4.78 is 24.6. The van der Waals surface area contributed by atoms with Crippen LogP contribution in [0.1, 0.15) is 12.8 Å². The molecule has 1 aromatic carbocycles. The first-order valence-electron chi connectivity index (χ1n) is 6.97. The van der Waals surface area contributed by atoms with Gasteiger partial charge in [-0.15, -0.1) is 0 Å². The van der Waals surface area contributed by atoms with E-state index >= 15 is 0 Å². The van der Waals surface area contributed by atoms with E-state index in [1.165, 1.54) is 0 Å². The van der Waals surface area contributed by atoms with Gasteiger partial charge in [0, 0.05) is 11.8 Å². The van der Waals surface area contributed by atoms with E-state index in [1.807, 2.05) is 36.5 Å². The number of aliphatic hydroxyl groups is 1. The number of sulfone groups is 1. The minimum absolute atomic E-state index is 0.0519. The SMILES string of the molecule is O=S1(=O)CCC(O)(Cn2cc(-c3ccccc3)cn2)CC1. The van der Waals surface area contributed by atoms with Crippen molar-refractivity contribution in [1.82, 2.24) is 9.78 Å². The maximum absolute atomic E-state index is 11.4. The van der Waals surface area contributed by atoms with Crippen LogP contribution in [0.4, 0.5) is 0 Å². The minimum atomic E-state index is -2.97. The van der Waals surface area contributed by atoms with Crippen molar-refractivity contribution in [3.63, 3.8) is 0 Å². The molecule has 0 saturated carbocycles. The summed E-state index contributed by atoms with van der Waals surface area (Å²) in [7, 11) is -2.97. The van der Waals surface area contributed by atoms with Gasteiger partial charge in [0.15, 0.2) is 9.84 Å². The Bertz CT molecular complexity index is 708. The van der Waals surface area contributed by atoms with Gasteiger partial charge in [0.25, 0.3) is 0 Å². The molecule has 0 radical (unpaired) electrons. The Balaban J connectivity index is 1.73. The van der Waals surface area contributed by atoms with Crippen molar-refractivity contribution in [2.24, 2.45) is 0 Å². The van der Waals surface area contributed by atoms with Crippen LogP contribution in [-0.2, 0) is 16.4 Å². The average molecular weight is 306 g/mol. The van der Waals surface area contributed by atoms with Crippen LogP contribution < -0.4 is 0 Å². The van der Waals surface area contributed by atoms with Gasteiger partial charge in [0.1, 0.15) is 0 Å². The summed E-state index contributed by atoms with van der Waals surface area (Å²) in [5.41, 5.74) is 1.08. The molecule has 1 aliphatic heterocycles. The van der Waals surface area contributed by atoms with Gasteiger partial charge in [-0.25, -0.2) is 8.42 Å². The van der Waals surface area contributed by atoms with E-state index in [4.69, 9.17) is 0 Å². The lowest BCUT2D eigenvalue weighted by molar-refractivity contribution is 0.0101. The smallest absolute Gasteiger partial charge is 0.150 e. The standard InChI is InChI=1S/C15H18N2O3S/c18-15(6-8-21(19,20)9-7-15)12-17-11-14(10-16-17)13-4-2-1-3-5-13/h1-5,10-11,18H,6-9,12H2. The number of aromatic nitrogens is 2. The van der Waals surface area contributed by atoms with Crippen LogP contribution in [0.3, 0.4) is 0 Å². The Hall–Kier alpha value is -1.66. The van der Waals surface area contributed by atoms with E-state index in [9.17, 15) is 13.5 Å². The van der Waals surface area contributed by atoms with Gasteiger partial charge < -0.3 is 5.11 Å². The van der Waals surface area contributed by atoms with Crippen molar-refractivity contribution >= 4 is 9.84 Å². The number of hydrogen-bond acceptors (Lipinski definition) is 4. The molecule has 0 unspecified atom stereocenters. The van der Waals surface area contributed by atoms with Crippen molar-refractivity contribution in [3.8, 4) is 11.1 Å². The van der Waals surface area contributed by atoms with Crippen molar-refractivity contribution in [2.75, 3.05) is 11.5 Å². The molecule has 0 atom stereocenters. The van der Waals surface area contributed by atoms with Crippen molar-refractivity contribution in [2.45, 2.75) is 25.0 Å². The molecule has 112 valence electrons. The first-order valence-corrected chi connectivity index (χ1v) is 8.79. The van der Waals surface area contributed by atoms with Crippen LogP contribution in [0.25, 0.3) is 11.1 Å². The summed E-state index contributed by atoms with van der Waals surface area (Å²) >= 11 is 0. The number of nitrogens with zero attached hydrogens (tertiary/aromatic N) is 2. The second kappa shape index (κ2) is 5.27. The van der Waals surface area contributed by atoms with E-state index < -0.39 is 15.4 Å². The highest BCUT2D eigenvalue weighted by Gasteiger charge is 2.35. The Labute approximate surface area is 124 Å². The molecule has 5 nitrogen and oxygen atoms in total. The summed E-state index contributed by atoms with van der Waals surface area (Å²) in [5.74, 6) is 0.104. The molecule has 1 aliphatic rings. The zero-order chi connectivity index (χ0) is 14.9. The van der Waals surface area contributed by atoms with Gasteiger partial charge in [-0.3, -0.25) is 4.68 Å². The van der Waals surface area contributed by atoms with Gasteiger partial charge in [-0.2, -0.15) is 5.10 Å². The largest absolute Gasteiger partial charge is 0.388 e. The lowest BCUT2D eigenvalue weighted by Gasteiger charge is -2.31. The van der Waals surface area contributed by atoms with E-state index in [0.29, 0.717) is 6.54 Å². The second-order valence-electron chi connectivity index (χ2n) is 5.67. The molecule has 1 N–H and O–H groups in total. The molecule has 0 bridgehead atoms. The molecule has 0 amide bonds. The topological polar surface area (TPSA) is 72.2 Å². The molecule has 2 aromatic rings. The highest BCUT2D eigenvalue weighted by Crippen LogP contribution is 2.26. The summed E-state index contributed by atoms with van der Waals surface area (Å²) in [6.45, 7) is 0.329. The molecule has 3 rings (SSSR count). The van der Waals surface area contributed by atoms with Crippen LogP contribution in [0.5, 0.6) is 0 Å². The summed E-state index contributed by atoms with van der Waals surface area (Å²) in [5, 5.41) is 14.8. The zero-order valence-electron chi connectivity index (χ0n) is 11.6. The fourth-order valence-corrected chi connectivity index (χ4v) is 4.19. The molecule has 1 fully saturated rings. The average Bonchev–Trinajstić information content (AvgIpc) is 2.92. The molecule has 6 heteroatoms. The number of benzene rings is 1. The summed E-state index contributed by atoms with van der Waals surface area (Å²) in [4.78, 5) is 0. The monoisotopic (exact) mass is 306 g/mol. The summed E-state index contributed by atoms with van der Waals surface area (Å²) in [6.07, 6.45) is 4.19. The fourth-order valence-electron chi connectivity index (χ4n) is 2.61. The maximum atomic E-state index is 11.4. The summed E-state index contributed by atoms with van der Waals surface area (Å²) in [6, 6.07) is 9.89. The van der Waals surface area contributed by atoms with E-state index in [0.717, 1.165) is 11.1 Å². The van der Waals surface area contributed by atoms with Crippen LogP contribution in [-0.4, -0.2) is 40.4 Å². The lowest BCUT2D eigenvalue weighted by Crippen LogP contribution is -2.42. The van der Waals surface area contributed by atoms with Crippen molar-refractivity contribution in [3.05, 3.63) is 42.7 Å². The molecule has 0 aliphatic carbocycles. The second-order valence-corrected chi connectivity index (χ2v) is 7.97. The zero-order valence-corrected chi connectivity index (χ0v) is 12.5. The van der Waals surface area contributed by atoms with Gasteiger partial charge in [0.2, 0.25) is 0 Å². The van der Waals surface area contributed by atoms with Crippen LogP contribution in [0.2, 0.25) is 0 Å². The number of rotatable bonds is 3. The van der Waals surface area contributed by atoms with Gasteiger partial charge in [0.05, 0.1) is 29.8 Å². The lowest BCUT2D eigenvalue weighted by atomic mass is 9.97. The molecule has 1 saturated heterocycles. The highest BCUT2D eigenvalue weighted by atomic mass is 32.2. The van der Waals surface area contributed by atoms with E-state index in [1.54, 1.807) is 10.9 Å². The minimum Gasteiger partial charge on any atom is -0.388 e. The normalized spacial score (nSPS) is 20.2. The van der Waals surface area contributed by atoms with Gasteiger partial charge in [-0.05, 0) is 18.4 Å². The van der Waals surface area contributed by atoms with Crippen LogP contribution in [0.15, 0.2) is 42.7 Å². The van der Waals surface area contributed by atoms with E-state index in [2.05, 4.69) is 5.10 Å². The Morgan fingerprint density at radius 2 is 1.81 bits per heavy atom. The molecular weight excluding hydrogens is 288 g/mol. The van der Waals surface area contributed by atoms with Gasteiger partial charge >= 0.3 is 0 Å². The van der Waals surface area contributed by atoms with Crippen molar-refractivity contribution < 1.29 is 13.5 Å². The highest BCUT2D eigenvalue weighted by molar-refractivity contribution is 7.91. The third-order valence-electron chi connectivity index (χ3n) is 3.95. The third kappa shape index (κ3) is 3.33. The fraction of sp³-hybridized carbons (Fsp3) is 0.400. The Kier molecular flexibility index (Phi) is 3.59. The predicted octanol–water partition coefficient (Wildman–Crippen LogP) is 1.49. The Morgan fingerprint density at radius 3 is 2.48 bits per heavy atom. The first-order chi connectivity index (χ1) is 9.96. The first kappa shape index (κ1) is 14.3. The van der Waals surface area contributed by atoms with Crippen LogP contribution in [0, 0.1) is 0 Å². The Morgan fingerprint density at radius 1 is 1.14 bits per heavy atom. The maximum Gasteiger partial charge on any atom is 0.150 e. The third-order valence-corrected chi connectivity index (χ3v) is 5.61. The molecule has 2 heterocycles. The molecular formula is C15H18N2O3S. The predicted molar refractivity (Wildman–Crippen MR) is 80.5 cm³/mol. The van der Waals surface area contributed by atoms with Crippen molar-refractivity contribution in [1.29, 1.82) is 0 Å². The molecule has 0 spiro atoms. The molecule has 21 heavy (non-hydrogen) atoms. The van der Waals surface area contributed by atoms with Crippen LogP contribution >= 0.6 is 0 Å². The van der Waals surface area contributed by atoms with Gasteiger partial charge in [-0.1, -0.05) is 30.3 Å². The quantitative estimate of drug-likeness (QED) is 0.932.